The standard InChI is InChI=1S/C6H7BO5/c7-5-4-3(2(1-8)10-5)11-6(9)12-4/h2-5,8H,1H2/t2-,3+,4?,5-/m1/s1. The fraction of sp³-hybridized carbons (Fsp3) is 0.833. The maximum absolute atomic E-state index is 10.6. The van der Waals surface area contributed by atoms with E-state index >= 15 is 0 Å². The highest BCUT2D eigenvalue weighted by atomic mass is 16.8. The van der Waals surface area contributed by atoms with E-state index < -0.39 is 30.5 Å². The Hall–Kier alpha value is -0.745. The number of fused-ring (bicyclic) bond motifs is 1. The largest absolute Gasteiger partial charge is 0.509 e. The lowest BCUT2D eigenvalue weighted by Gasteiger charge is -2.10. The zero-order chi connectivity index (χ0) is 8.72. The molecule has 0 aromatic carbocycles. The Morgan fingerprint density at radius 2 is 2.08 bits per heavy atom. The summed E-state index contributed by atoms with van der Waals surface area (Å²) in [4.78, 5) is 10.6. The number of carbonyl (C=O) groups is 1. The molecule has 0 spiro atoms. The van der Waals surface area contributed by atoms with Crippen molar-refractivity contribution in [2.45, 2.75) is 24.3 Å². The lowest BCUT2D eigenvalue weighted by atomic mass is 9.93. The average molecular weight is 170 g/mol. The number of hydrogen-bond acceptors (Lipinski definition) is 5. The van der Waals surface area contributed by atoms with E-state index in [-0.39, 0.29) is 6.61 Å². The van der Waals surface area contributed by atoms with Gasteiger partial charge in [-0.05, 0) is 0 Å². The Morgan fingerprint density at radius 3 is 2.75 bits per heavy atom. The molecule has 2 aliphatic heterocycles. The molecule has 6 heteroatoms. The molecule has 12 heavy (non-hydrogen) atoms. The van der Waals surface area contributed by atoms with Gasteiger partial charge in [0, 0.05) is 0 Å². The molecule has 64 valence electrons. The van der Waals surface area contributed by atoms with Crippen LogP contribution in [0.5, 0.6) is 0 Å². The van der Waals surface area contributed by atoms with E-state index in [0.717, 1.165) is 0 Å². The summed E-state index contributed by atoms with van der Waals surface area (Å²) in [5, 5.41) is 8.79. The molecular formula is C6H7BO5. The van der Waals surface area contributed by atoms with Gasteiger partial charge in [0.15, 0.2) is 12.2 Å². The molecule has 0 aromatic heterocycles. The molecule has 2 aliphatic rings. The maximum atomic E-state index is 10.6. The average Bonchev–Trinajstić information content (AvgIpc) is 2.52. The van der Waals surface area contributed by atoms with Crippen LogP contribution in [-0.4, -0.2) is 50.0 Å². The van der Waals surface area contributed by atoms with Crippen LogP contribution in [0.3, 0.4) is 0 Å². The lowest BCUT2D eigenvalue weighted by molar-refractivity contribution is -0.0189. The molecule has 0 aliphatic carbocycles. The van der Waals surface area contributed by atoms with Crippen molar-refractivity contribution in [2.75, 3.05) is 6.61 Å². The van der Waals surface area contributed by atoms with Gasteiger partial charge in [0.2, 0.25) is 0 Å². The van der Waals surface area contributed by atoms with E-state index in [0.29, 0.717) is 0 Å². The molecule has 5 nitrogen and oxygen atoms in total. The van der Waals surface area contributed by atoms with Gasteiger partial charge in [-0.2, -0.15) is 0 Å². The molecule has 2 fully saturated rings. The van der Waals surface area contributed by atoms with Gasteiger partial charge in [-0.1, -0.05) is 0 Å². The first-order valence-electron chi connectivity index (χ1n) is 3.61. The van der Waals surface area contributed by atoms with Gasteiger partial charge < -0.3 is 19.3 Å². The zero-order valence-corrected chi connectivity index (χ0v) is 6.17. The molecule has 0 bridgehead atoms. The summed E-state index contributed by atoms with van der Waals surface area (Å²) < 4.78 is 14.5. The highest BCUT2D eigenvalue weighted by Gasteiger charge is 2.51. The topological polar surface area (TPSA) is 65.0 Å². The van der Waals surface area contributed by atoms with Gasteiger partial charge in [-0.25, -0.2) is 4.79 Å². The van der Waals surface area contributed by atoms with Crippen molar-refractivity contribution >= 4 is 14.0 Å². The van der Waals surface area contributed by atoms with Crippen LogP contribution in [0.4, 0.5) is 4.79 Å². The third-order valence-corrected chi connectivity index (χ3v) is 1.99. The van der Waals surface area contributed by atoms with E-state index in [1.165, 1.54) is 0 Å². The second-order valence-electron chi connectivity index (χ2n) is 2.74. The van der Waals surface area contributed by atoms with Crippen LogP contribution in [0.15, 0.2) is 0 Å². The molecule has 2 rings (SSSR count). The fourth-order valence-corrected chi connectivity index (χ4v) is 1.43. The summed E-state index contributed by atoms with van der Waals surface area (Å²) in [5.41, 5.74) is 0. The van der Waals surface area contributed by atoms with Gasteiger partial charge in [0.25, 0.3) is 0 Å². The number of carbonyl (C=O) groups excluding carboxylic acids is 1. The third-order valence-electron chi connectivity index (χ3n) is 1.99. The summed E-state index contributed by atoms with van der Waals surface area (Å²) in [5.74, 6) is 0. The minimum Gasteiger partial charge on any atom is -0.425 e. The number of aliphatic hydroxyl groups excluding tert-OH is 1. The molecule has 0 amide bonds. The Labute approximate surface area is 70.0 Å². The van der Waals surface area contributed by atoms with Crippen molar-refractivity contribution < 1.29 is 24.1 Å². The minimum absolute atomic E-state index is 0.231. The van der Waals surface area contributed by atoms with Crippen molar-refractivity contribution in [1.29, 1.82) is 0 Å². The van der Waals surface area contributed by atoms with Crippen LogP contribution in [0.1, 0.15) is 0 Å². The first kappa shape index (κ1) is 7.88. The SMILES string of the molecule is [B][C@@H]1O[C@H](CO)[C@@H]2OC(=O)OC12. The van der Waals surface area contributed by atoms with Crippen molar-refractivity contribution in [3.05, 3.63) is 0 Å². The molecule has 2 saturated heterocycles. The number of hydrogen-bond donors (Lipinski definition) is 1. The van der Waals surface area contributed by atoms with Gasteiger partial charge in [-0.3, -0.25) is 0 Å². The van der Waals surface area contributed by atoms with Crippen LogP contribution in [-0.2, 0) is 14.2 Å². The van der Waals surface area contributed by atoms with Gasteiger partial charge >= 0.3 is 6.16 Å². The summed E-state index contributed by atoms with van der Waals surface area (Å²) in [6.45, 7) is -0.231. The quantitative estimate of drug-likeness (QED) is 0.394. The van der Waals surface area contributed by atoms with E-state index in [1.54, 1.807) is 0 Å². The molecule has 0 aromatic rings. The zero-order valence-electron chi connectivity index (χ0n) is 6.17. The van der Waals surface area contributed by atoms with Crippen LogP contribution < -0.4 is 0 Å². The summed E-state index contributed by atoms with van der Waals surface area (Å²) >= 11 is 0. The molecular weight excluding hydrogens is 163 g/mol. The summed E-state index contributed by atoms with van der Waals surface area (Å²) in [6.07, 6.45) is -2.44. The first-order chi connectivity index (χ1) is 5.72. The highest BCUT2D eigenvalue weighted by Crippen LogP contribution is 2.30. The third kappa shape index (κ3) is 0.989. The summed E-state index contributed by atoms with van der Waals surface area (Å²) in [6, 6.07) is -0.696. The monoisotopic (exact) mass is 170 g/mol. The fourth-order valence-electron chi connectivity index (χ4n) is 1.43. The van der Waals surface area contributed by atoms with E-state index in [4.69, 9.17) is 27.2 Å². The van der Waals surface area contributed by atoms with Crippen LogP contribution >= 0.6 is 0 Å². The Kier molecular flexibility index (Phi) is 1.73. The van der Waals surface area contributed by atoms with Crippen molar-refractivity contribution in [2.24, 2.45) is 0 Å². The van der Waals surface area contributed by atoms with Gasteiger partial charge in [-0.15, -0.1) is 0 Å². The number of rotatable bonds is 1. The van der Waals surface area contributed by atoms with Crippen molar-refractivity contribution in [1.82, 2.24) is 0 Å². The predicted octanol–water partition coefficient (Wildman–Crippen LogP) is -1.22. The molecule has 0 saturated carbocycles. The van der Waals surface area contributed by atoms with Crippen LogP contribution in [0.25, 0.3) is 0 Å². The molecule has 2 heterocycles. The van der Waals surface area contributed by atoms with E-state index in [1.807, 2.05) is 0 Å². The molecule has 2 radical (unpaired) electrons. The van der Waals surface area contributed by atoms with Gasteiger partial charge in [0.1, 0.15) is 14.0 Å². The van der Waals surface area contributed by atoms with Crippen LogP contribution in [0, 0.1) is 0 Å². The number of ether oxygens (including phenoxy) is 3. The highest BCUT2D eigenvalue weighted by molar-refractivity contribution is 6.11. The smallest absolute Gasteiger partial charge is 0.425 e. The van der Waals surface area contributed by atoms with Crippen molar-refractivity contribution in [3.8, 4) is 0 Å². The normalized spacial score (nSPS) is 45.2. The Morgan fingerprint density at radius 1 is 1.42 bits per heavy atom. The second kappa shape index (κ2) is 2.64. The molecule has 1 N–H and O–H groups in total. The Bertz CT molecular complexity index is 208. The van der Waals surface area contributed by atoms with E-state index in [2.05, 4.69) is 0 Å². The molecule has 4 atom stereocenters. The Balaban J connectivity index is 2.13. The predicted molar refractivity (Wildman–Crippen MR) is 36.6 cm³/mol. The lowest BCUT2D eigenvalue weighted by Crippen LogP contribution is -2.31. The summed E-state index contributed by atoms with van der Waals surface area (Å²) in [7, 11) is 5.46. The minimum atomic E-state index is -0.748. The number of aliphatic hydroxyl groups is 1. The first-order valence-corrected chi connectivity index (χ1v) is 3.61. The van der Waals surface area contributed by atoms with Gasteiger partial charge in [0.05, 0.1) is 12.6 Å². The second-order valence-corrected chi connectivity index (χ2v) is 2.74. The van der Waals surface area contributed by atoms with E-state index in [9.17, 15) is 4.79 Å². The van der Waals surface area contributed by atoms with Crippen LogP contribution in [0.2, 0.25) is 0 Å². The van der Waals surface area contributed by atoms with Crippen molar-refractivity contribution in [3.63, 3.8) is 0 Å². The molecule has 1 unspecified atom stereocenters. The maximum Gasteiger partial charge on any atom is 0.509 e.